The van der Waals surface area contributed by atoms with Crippen LogP contribution in [-0.4, -0.2) is 6.26 Å². The van der Waals surface area contributed by atoms with Crippen LogP contribution in [0.1, 0.15) is 20.8 Å². The van der Waals surface area contributed by atoms with Gasteiger partial charge in [0.25, 0.3) is 0 Å². The molecule has 0 saturated carbocycles. The van der Waals surface area contributed by atoms with E-state index in [1.807, 2.05) is 0 Å². The fourth-order valence-electron chi connectivity index (χ4n) is 0.611. The second-order valence-electron chi connectivity index (χ2n) is 1.86. The van der Waals surface area contributed by atoms with Crippen molar-refractivity contribution in [3.8, 4) is 0 Å². The summed E-state index contributed by atoms with van der Waals surface area (Å²) in [5, 5.41) is 0. The largest absolute Gasteiger partial charge is 0.160 e. The van der Waals surface area contributed by atoms with Gasteiger partial charge in [0.15, 0.2) is 4.91 Å². The van der Waals surface area contributed by atoms with Crippen LogP contribution in [0.4, 0.5) is 0 Å². The Hall–Kier alpha value is -0.0400. The van der Waals surface area contributed by atoms with Crippen molar-refractivity contribution >= 4 is 11.8 Å². The molecule has 0 spiro atoms. The normalized spacial score (nSPS) is 8.50. The van der Waals surface area contributed by atoms with E-state index >= 15 is 0 Å². The molecule has 8 heavy (non-hydrogen) atoms. The van der Waals surface area contributed by atoms with Gasteiger partial charge in [0.1, 0.15) is 0 Å². The minimum absolute atomic E-state index is 1.39. The molecule has 0 saturated heterocycles. The number of rotatable bonds is 2. The SMILES string of the molecule is C[CH+]C(SC)=C(C)C. The molecule has 0 unspecified atom stereocenters. The van der Waals surface area contributed by atoms with Crippen LogP contribution in [0.3, 0.4) is 0 Å². The van der Waals surface area contributed by atoms with E-state index in [0.717, 1.165) is 0 Å². The van der Waals surface area contributed by atoms with E-state index in [0.29, 0.717) is 0 Å². The monoisotopic (exact) mass is 129 g/mol. The zero-order valence-corrected chi connectivity index (χ0v) is 6.80. The van der Waals surface area contributed by atoms with Crippen molar-refractivity contribution in [2.24, 2.45) is 0 Å². The summed E-state index contributed by atoms with van der Waals surface area (Å²) in [7, 11) is 0. The Balaban J connectivity index is 3.86. The van der Waals surface area contributed by atoms with Crippen LogP contribution in [0.15, 0.2) is 10.5 Å². The van der Waals surface area contributed by atoms with Gasteiger partial charge >= 0.3 is 0 Å². The minimum Gasteiger partial charge on any atom is -0.0864 e. The van der Waals surface area contributed by atoms with Gasteiger partial charge in [-0.15, -0.1) is 0 Å². The number of hydrogen-bond donors (Lipinski definition) is 0. The molecule has 0 aliphatic heterocycles. The van der Waals surface area contributed by atoms with E-state index < -0.39 is 0 Å². The number of allylic oxidation sites excluding steroid dienone is 2. The van der Waals surface area contributed by atoms with Gasteiger partial charge < -0.3 is 0 Å². The van der Waals surface area contributed by atoms with Gasteiger partial charge in [-0.05, 0) is 6.26 Å². The van der Waals surface area contributed by atoms with Gasteiger partial charge in [0.05, 0.1) is 12.0 Å². The van der Waals surface area contributed by atoms with Gasteiger partial charge in [-0.25, -0.2) is 0 Å². The Morgan fingerprint density at radius 1 is 1.38 bits per heavy atom. The Labute approximate surface area is 56.4 Å². The lowest BCUT2D eigenvalue weighted by molar-refractivity contribution is 1.33. The van der Waals surface area contributed by atoms with Gasteiger partial charge in [-0.3, -0.25) is 0 Å². The van der Waals surface area contributed by atoms with Crippen molar-refractivity contribution in [1.29, 1.82) is 0 Å². The fraction of sp³-hybridized carbons (Fsp3) is 0.571. The van der Waals surface area contributed by atoms with Crippen molar-refractivity contribution in [3.05, 3.63) is 16.9 Å². The van der Waals surface area contributed by atoms with Crippen molar-refractivity contribution in [3.63, 3.8) is 0 Å². The van der Waals surface area contributed by atoms with Crippen LogP contribution in [0.2, 0.25) is 0 Å². The third-order valence-electron chi connectivity index (χ3n) is 0.975. The molecule has 0 rings (SSSR count). The van der Waals surface area contributed by atoms with Crippen LogP contribution in [-0.2, 0) is 0 Å². The summed E-state index contributed by atoms with van der Waals surface area (Å²) in [5.41, 5.74) is 1.40. The number of hydrogen-bond acceptors (Lipinski definition) is 1. The molecule has 0 atom stereocenters. The lowest BCUT2D eigenvalue weighted by Crippen LogP contribution is -1.76. The first-order chi connectivity index (χ1) is 3.72. The molecule has 0 radical (unpaired) electrons. The van der Waals surface area contributed by atoms with Crippen molar-refractivity contribution < 1.29 is 0 Å². The smallest absolute Gasteiger partial charge is 0.0864 e. The predicted octanol–water partition coefficient (Wildman–Crippen LogP) is 2.87. The zero-order valence-electron chi connectivity index (χ0n) is 5.99. The Bertz CT molecular complexity index is 82.6. The molecule has 0 heterocycles. The van der Waals surface area contributed by atoms with E-state index in [4.69, 9.17) is 0 Å². The summed E-state index contributed by atoms with van der Waals surface area (Å²) in [6.07, 6.45) is 4.24. The molecule has 0 aromatic carbocycles. The van der Waals surface area contributed by atoms with Crippen LogP contribution in [0, 0.1) is 6.42 Å². The first kappa shape index (κ1) is 7.96. The maximum absolute atomic E-state index is 2.14. The van der Waals surface area contributed by atoms with Crippen LogP contribution in [0.25, 0.3) is 0 Å². The topological polar surface area (TPSA) is 0 Å². The molecular formula is C7H13S+. The molecule has 0 aliphatic carbocycles. The summed E-state index contributed by atoms with van der Waals surface area (Å²) in [5.74, 6) is 0. The summed E-state index contributed by atoms with van der Waals surface area (Å²) in [6.45, 7) is 6.33. The molecule has 0 aromatic rings. The molecule has 0 fully saturated rings. The highest BCUT2D eigenvalue weighted by atomic mass is 32.2. The third-order valence-corrected chi connectivity index (χ3v) is 2.06. The van der Waals surface area contributed by atoms with Gasteiger partial charge in [0.2, 0.25) is 0 Å². The van der Waals surface area contributed by atoms with Crippen molar-refractivity contribution in [2.75, 3.05) is 6.26 Å². The summed E-state index contributed by atoms with van der Waals surface area (Å²) in [6, 6.07) is 0. The molecular weight excluding hydrogens is 116 g/mol. The predicted molar refractivity (Wildman–Crippen MR) is 41.9 cm³/mol. The molecule has 0 aromatic heterocycles. The second-order valence-corrected chi connectivity index (χ2v) is 2.71. The summed E-state index contributed by atoms with van der Waals surface area (Å²) >= 11 is 1.80. The zero-order chi connectivity index (χ0) is 6.57. The molecule has 0 nitrogen and oxygen atoms in total. The van der Waals surface area contributed by atoms with Gasteiger partial charge in [-0.2, -0.15) is 0 Å². The highest BCUT2D eigenvalue weighted by Gasteiger charge is 2.01. The molecule has 0 N–H and O–H groups in total. The van der Waals surface area contributed by atoms with E-state index in [9.17, 15) is 0 Å². The highest BCUT2D eigenvalue weighted by molar-refractivity contribution is 8.02. The molecule has 1 heteroatoms. The second kappa shape index (κ2) is 3.90. The highest BCUT2D eigenvalue weighted by Crippen LogP contribution is 2.18. The lowest BCUT2D eigenvalue weighted by atomic mass is 10.3. The van der Waals surface area contributed by atoms with E-state index in [1.54, 1.807) is 11.8 Å². The van der Waals surface area contributed by atoms with Gasteiger partial charge in [0, 0.05) is 20.8 Å². The molecule has 46 valence electrons. The average molecular weight is 129 g/mol. The Kier molecular flexibility index (Phi) is 3.88. The standard InChI is InChI=1S/C7H13S/c1-5-7(8-4)6(2)3/h5H,1-4H3/q+1. The van der Waals surface area contributed by atoms with E-state index in [-0.39, 0.29) is 0 Å². The van der Waals surface area contributed by atoms with Crippen LogP contribution < -0.4 is 0 Å². The quantitative estimate of drug-likeness (QED) is 0.517. The third kappa shape index (κ3) is 2.31. The summed E-state index contributed by atoms with van der Waals surface area (Å²) in [4.78, 5) is 1.39. The first-order valence-corrected chi connectivity index (χ1v) is 3.95. The minimum atomic E-state index is 1.39. The van der Waals surface area contributed by atoms with Crippen molar-refractivity contribution in [2.45, 2.75) is 20.8 Å². The van der Waals surface area contributed by atoms with Crippen LogP contribution >= 0.6 is 11.8 Å². The maximum Gasteiger partial charge on any atom is 0.160 e. The lowest BCUT2D eigenvalue weighted by Gasteiger charge is -1.89. The van der Waals surface area contributed by atoms with Gasteiger partial charge in [-0.1, -0.05) is 11.8 Å². The number of thioether (sulfide) groups is 1. The fourth-order valence-corrected chi connectivity index (χ4v) is 1.25. The maximum atomic E-state index is 2.14. The Morgan fingerprint density at radius 3 is 1.88 bits per heavy atom. The van der Waals surface area contributed by atoms with Crippen LogP contribution in [0.5, 0.6) is 0 Å². The molecule has 0 amide bonds. The first-order valence-electron chi connectivity index (χ1n) is 2.73. The average Bonchev–Trinajstić information content (AvgIpc) is 1.69. The molecule has 0 bridgehead atoms. The van der Waals surface area contributed by atoms with Crippen molar-refractivity contribution in [1.82, 2.24) is 0 Å². The summed E-state index contributed by atoms with van der Waals surface area (Å²) < 4.78 is 0. The van der Waals surface area contributed by atoms with E-state index in [2.05, 4.69) is 33.4 Å². The molecule has 0 aliphatic rings. The van der Waals surface area contributed by atoms with E-state index in [1.165, 1.54) is 10.5 Å². The Morgan fingerprint density at radius 2 is 1.88 bits per heavy atom.